The minimum atomic E-state index is -0.377. The third-order valence-electron chi connectivity index (χ3n) is 3.16. The number of carbonyl (C=O) groups is 1. The number of carbonyl (C=O) groups excluding carboxylic acids is 1. The maximum atomic E-state index is 12.5. The van der Waals surface area contributed by atoms with Crippen LogP contribution in [0.5, 0.6) is 11.5 Å². The summed E-state index contributed by atoms with van der Waals surface area (Å²) in [5.74, 6) is 0.771. The Bertz CT molecular complexity index is 664. The highest BCUT2D eigenvalue weighted by molar-refractivity contribution is 6.07. The van der Waals surface area contributed by atoms with E-state index in [4.69, 9.17) is 14.0 Å². The van der Waals surface area contributed by atoms with Crippen molar-refractivity contribution < 1.29 is 18.8 Å². The largest absolute Gasteiger partial charge is 0.496 e. The molecule has 0 spiro atoms. The van der Waals surface area contributed by atoms with Crippen molar-refractivity contribution >= 4 is 11.8 Å². The smallest absolute Gasteiger partial charge is 0.265 e. The lowest BCUT2D eigenvalue weighted by Crippen LogP contribution is -2.14. The molecule has 1 N–H and O–H groups in total. The topological polar surface area (TPSA) is 73.6 Å². The monoisotopic (exact) mass is 318 g/mol. The molecule has 0 radical (unpaired) electrons. The van der Waals surface area contributed by atoms with Crippen molar-refractivity contribution in [3.63, 3.8) is 0 Å². The molecule has 0 fully saturated rings. The molecule has 23 heavy (non-hydrogen) atoms. The van der Waals surface area contributed by atoms with Crippen LogP contribution in [0.15, 0.2) is 28.8 Å². The minimum absolute atomic E-state index is 0.0873. The molecule has 0 aliphatic carbocycles. The molecule has 6 heteroatoms. The molecule has 2 rings (SSSR count). The van der Waals surface area contributed by atoms with Crippen LogP contribution in [0.25, 0.3) is 0 Å². The van der Waals surface area contributed by atoms with Crippen molar-refractivity contribution in [2.45, 2.75) is 27.2 Å². The molecule has 0 unspecified atom stereocenters. The summed E-state index contributed by atoms with van der Waals surface area (Å²) in [6, 6.07) is 6.88. The van der Waals surface area contributed by atoms with E-state index in [1.54, 1.807) is 24.3 Å². The zero-order valence-electron chi connectivity index (χ0n) is 14.1. The van der Waals surface area contributed by atoms with E-state index in [9.17, 15) is 4.79 Å². The van der Waals surface area contributed by atoms with Crippen molar-refractivity contribution in [1.29, 1.82) is 0 Å². The average molecular weight is 318 g/mol. The zero-order chi connectivity index (χ0) is 17.0. The van der Waals surface area contributed by atoms with Gasteiger partial charge < -0.3 is 14.0 Å². The fourth-order valence-corrected chi connectivity index (χ4v) is 2.25. The number of nitrogens with zero attached hydrogens (tertiary/aromatic N) is 1. The molecular formula is C17H22N2O4. The van der Waals surface area contributed by atoms with Crippen LogP contribution in [0.2, 0.25) is 0 Å². The first-order chi connectivity index (χ1) is 10.8. The number of aromatic nitrogens is 1. The fourth-order valence-electron chi connectivity index (χ4n) is 2.25. The van der Waals surface area contributed by atoms with Crippen LogP contribution >= 0.6 is 0 Å². The van der Waals surface area contributed by atoms with Gasteiger partial charge in [0, 0.05) is 6.07 Å². The van der Waals surface area contributed by atoms with Gasteiger partial charge in [0.25, 0.3) is 5.91 Å². The van der Waals surface area contributed by atoms with E-state index >= 15 is 0 Å². The van der Waals surface area contributed by atoms with Gasteiger partial charge in [-0.15, -0.1) is 0 Å². The zero-order valence-corrected chi connectivity index (χ0v) is 14.1. The Balaban J connectivity index is 2.20. The molecule has 1 aromatic carbocycles. The van der Waals surface area contributed by atoms with Crippen molar-refractivity contribution in [2.24, 2.45) is 5.41 Å². The molecule has 0 saturated carbocycles. The summed E-state index contributed by atoms with van der Waals surface area (Å²) in [5, 5.41) is 6.67. The van der Waals surface area contributed by atoms with E-state index in [2.05, 4.69) is 31.2 Å². The summed E-state index contributed by atoms with van der Waals surface area (Å²) in [4.78, 5) is 12.5. The Labute approximate surface area is 135 Å². The third kappa shape index (κ3) is 4.25. The summed E-state index contributed by atoms with van der Waals surface area (Å²) < 4.78 is 15.6. The number of ether oxygens (including phenoxy) is 2. The predicted molar refractivity (Wildman–Crippen MR) is 87.2 cm³/mol. The standard InChI is InChI=1S/C17H22N2O4/c1-17(2,3)10-11-9-14(23-19-11)18-16(20)15-12(21-4)7-6-8-13(15)22-5/h6-9H,10H2,1-5H3,(H,18,20). The lowest BCUT2D eigenvalue weighted by Gasteiger charge is -2.14. The van der Waals surface area contributed by atoms with E-state index in [1.807, 2.05) is 0 Å². The van der Waals surface area contributed by atoms with Gasteiger partial charge in [0.05, 0.1) is 19.9 Å². The highest BCUT2D eigenvalue weighted by atomic mass is 16.5. The number of methoxy groups -OCH3 is 2. The average Bonchev–Trinajstić information content (AvgIpc) is 2.90. The number of nitrogens with one attached hydrogen (secondary N) is 1. The van der Waals surface area contributed by atoms with E-state index < -0.39 is 0 Å². The minimum Gasteiger partial charge on any atom is -0.496 e. The molecule has 0 aliphatic heterocycles. The Morgan fingerprint density at radius 2 is 1.83 bits per heavy atom. The first-order valence-electron chi connectivity index (χ1n) is 7.32. The second-order valence-corrected chi connectivity index (χ2v) is 6.41. The first-order valence-corrected chi connectivity index (χ1v) is 7.32. The maximum Gasteiger partial charge on any atom is 0.265 e. The van der Waals surface area contributed by atoms with Gasteiger partial charge in [-0.25, -0.2) is 0 Å². The summed E-state index contributed by atoms with van der Waals surface area (Å²) in [6.45, 7) is 6.33. The summed E-state index contributed by atoms with van der Waals surface area (Å²) >= 11 is 0. The lowest BCUT2D eigenvalue weighted by molar-refractivity contribution is 0.101. The molecule has 0 atom stereocenters. The SMILES string of the molecule is COc1cccc(OC)c1C(=O)Nc1cc(CC(C)(C)C)no1. The van der Waals surface area contributed by atoms with Crippen LogP contribution in [0.3, 0.4) is 0 Å². The molecule has 6 nitrogen and oxygen atoms in total. The number of anilines is 1. The normalized spacial score (nSPS) is 11.2. The molecule has 124 valence electrons. The third-order valence-corrected chi connectivity index (χ3v) is 3.16. The van der Waals surface area contributed by atoms with E-state index in [-0.39, 0.29) is 11.3 Å². The Morgan fingerprint density at radius 1 is 1.22 bits per heavy atom. The highest BCUT2D eigenvalue weighted by Gasteiger charge is 2.20. The van der Waals surface area contributed by atoms with Gasteiger partial charge in [-0.3, -0.25) is 10.1 Å². The van der Waals surface area contributed by atoms with Crippen LogP contribution in [0.1, 0.15) is 36.8 Å². The Kier molecular flexibility index (Phi) is 4.93. The molecule has 1 aromatic heterocycles. The first kappa shape index (κ1) is 16.9. The second-order valence-electron chi connectivity index (χ2n) is 6.41. The van der Waals surface area contributed by atoms with E-state index in [1.165, 1.54) is 14.2 Å². The number of amides is 1. The van der Waals surface area contributed by atoms with Crippen molar-refractivity contribution in [1.82, 2.24) is 5.16 Å². The summed E-state index contributed by atoms with van der Waals surface area (Å²) in [5.41, 5.74) is 1.19. The van der Waals surface area contributed by atoms with Crippen molar-refractivity contribution in [2.75, 3.05) is 19.5 Å². The van der Waals surface area contributed by atoms with Crippen LogP contribution in [0.4, 0.5) is 5.88 Å². The summed E-state index contributed by atoms with van der Waals surface area (Å²) in [6.07, 6.45) is 0.754. The molecule has 2 aromatic rings. The van der Waals surface area contributed by atoms with Gasteiger partial charge in [0.1, 0.15) is 17.1 Å². The fraction of sp³-hybridized carbons (Fsp3) is 0.412. The molecular weight excluding hydrogens is 296 g/mol. The predicted octanol–water partition coefficient (Wildman–Crippen LogP) is 3.53. The number of hydrogen-bond acceptors (Lipinski definition) is 5. The number of rotatable bonds is 5. The van der Waals surface area contributed by atoms with Gasteiger partial charge in [-0.2, -0.15) is 0 Å². The van der Waals surface area contributed by atoms with Gasteiger partial charge in [0.2, 0.25) is 5.88 Å². The highest BCUT2D eigenvalue weighted by Crippen LogP contribution is 2.29. The summed E-state index contributed by atoms with van der Waals surface area (Å²) in [7, 11) is 3.00. The van der Waals surface area contributed by atoms with Crippen LogP contribution in [-0.4, -0.2) is 25.3 Å². The molecule has 1 heterocycles. The Morgan fingerprint density at radius 3 is 2.35 bits per heavy atom. The van der Waals surface area contributed by atoms with Crippen LogP contribution in [0, 0.1) is 5.41 Å². The maximum absolute atomic E-state index is 12.5. The molecule has 1 amide bonds. The number of benzene rings is 1. The van der Waals surface area contributed by atoms with E-state index in [0.717, 1.165) is 12.1 Å². The van der Waals surface area contributed by atoms with Crippen molar-refractivity contribution in [3.05, 3.63) is 35.5 Å². The van der Waals surface area contributed by atoms with Crippen molar-refractivity contribution in [3.8, 4) is 11.5 Å². The lowest BCUT2D eigenvalue weighted by atomic mass is 9.91. The molecule has 0 bridgehead atoms. The van der Waals surface area contributed by atoms with Crippen LogP contribution in [-0.2, 0) is 6.42 Å². The van der Waals surface area contributed by atoms with Crippen LogP contribution < -0.4 is 14.8 Å². The second kappa shape index (κ2) is 6.73. The Hall–Kier alpha value is -2.50. The number of hydrogen-bond donors (Lipinski definition) is 1. The quantitative estimate of drug-likeness (QED) is 0.913. The van der Waals surface area contributed by atoms with Gasteiger partial charge >= 0.3 is 0 Å². The van der Waals surface area contributed by atoms with Gasteiger partial charge in [-0.05, 0) is 24.0 Å². The van der Waals surface area contributed by atoms with Gasteiger partial charge in [0.15, 0.2) is 0 Å². The van der Waals surface area contributed by atoms with Gasteiger partial charge in [-0.1, -0.05) is 32.0 Å². The van der Waals surface area contributed by atoms with E-state index in [0.29, 0.717) is 22.9 Å². The molecule has 0 saturated heterocycles. The molecule has 0 aliphatic rings.